The van der Waals surface area contributed by atoms with Crippen molar-refractivity contribution in [2.24, 2.45) is 0 Å². The van der Waals surface area contributed by atoms with Gasteiger partial charge in [-0.3, -0.25) is 9.78 Å². The topological polar surface area (TPSA) is 42.4 Å². The highest BCUT2D eigenvalue weighted by Gasteiger charge is 2.17. The van der Waals surface area contributed by atoms with Crippen LogP contribution in [0.1, 0.15) is 22.8 Å². The number of amides is 1. The lowest BCUT2D eigenvalue weighted by Crippen LogP contribution is -2.32. The third-order valence-corrected chi connectivity index (χ3v) is 3.81. The molecule has 1 amide bonds. The number of aromatic nitrogens is 1. The zero-order valence-electron chi connectivity index (χ0n) is 12.8. The Labute approximate surface area is 135 Å². The zero-order valence-corrected chi connectivity index (χ0v) is 13.5. The number of carbonyl (C=O) groups is 1. The number of hydrogen-bond donors (Lipinski definition) is 0. The molecule has 0 aliphatic heterocycles. The molecule has 0 atom stereocenters. The molecule has 0 saturated heterocycles. The molecule has 1 aromatic heterocycles. The first-order chi connectivity index (χ1) is 10.7. The van der Waals surface area contributed by atoms with Crippen LogP contribution in [0.4, 0.5) is 0 Å². The summed E-state index contributed by atoms with van der Waals surface area (Å²) >= 11 is 6.19. The van der Waals surface area contributed by atoms with Crippen molar-refractivity contribution >= 4 is 17.5 Å². The summed E-state index contributed by atoms with van der Waals surface area (Å²) in [6.45, 7) is 3.23. The molecule has 0 bridgehead atoms. The fourth-order valence-electron chi connectivity index (χ4n) is 2.18. The lowest BCUT2D eigenvalue weighted by atomic mass is 10.1. The van der Waals surface area contributed by atoms with Crippen molar-refractivity contribution in [3.63, 3.8) is 0 Å². The first kappa shape index (κ1) is 16.3. The number of pyridine rings is 1. The normalized spacial score (nSPS) is 10.3. The van der Waals surface area contributed by atoms with Crippen molar-refractivity contribution < 1.29 is 9.53 Å². The number of ether oxygens (including phenoxy) is 1. The van der Waals surface area contributed by atoms with Crippen LogP contribution in [0.15, 0.2) is 42.7 Å². The van der Waals surface area contributed by atoms with E-state index in [2.05, 4.69) is 4.98 Å². The fourth-order valence-corrected chi connectivity index (χ4v) is 2.43. The van der Waals surface area contributed by atoms with Crippen molar-refractivity contribution in [1.29, 1.82) is 0 Å². The average molecular weight is 319 g/mol. The second-order valence-electron chi connectivity index (χ2n) is 4.84. The largest absolute Gasteiger partial charge is 0.497 e. The predicted octanol–water partition coefficient (Wildman–Crippen LogP) is 3.45. The van der Waals surface area contributed by atoms with Gasteiger partial charge in [-0.2, -0.15) is 0 Å². The second-order valence-corrected chi connectivity index (χ2v) is 5.24. The van der Waals surface area contributed by atoms with E-state index in [0.29, 0.717) is 29.4 Å². The number of benzene rings is 1. The molecule has 2 aromatic rings. The highest BCUT2D eigenvalue weighted by atomic mass is 35.5. The molecule has 1 heterocycles. The van der Waals surface area contributed by atoms with Gasteiger partial charge >= 0.3 is 0 Å². The van der Waals surface area contributed by atoms with Gasteiger partial charge in [0, 0.05) is 25.5 Å². The van der Waals surface area contributed by atoms with Crippen molar-refractivity contribution in [3.8, 4) is 5.75 Å². The molecule has 0 saturated carbocycles. The molecule has 2 rings (SSSR count). The van der Waals surface area contributed by atoms with Gasteiger partial charge in [0.25, 0.3) is 5.91 Å². The van der Waals surface area contributed by atoms with Crippen LogP contribution in [-0.2, 0) is 6.42 Å². The van der Waals surface area contributed by atoms with E-state index in [1.165, 1.54) is 0 Å². The van der Waals surface area contributed by atoms with E-state index in [-0.39, 0.29) is 5.91 Å². The molecule has 0 aliphatic rings. The van der Waals surface area contributed by atoms with Crippen LogP contribution in [0.25, 0.3) is 0 Å². The van der Waals surface area contributed by atoms with Crippen LogP contribution >= 0.6 is 11.6 Å². The molecule has 116 valence electrons. The number of carbonyl (C=O) groups excluding carboxylic acids is 1. The third-order valence-electron chi connectivity index (χ3n) is 3.50. The van der Waals surface area contributed by atoms with E-state index in [1.54, 1.807) is 42.6 Å². The lowest BCUT2D eigenvalue weighted by molar-refractivity contribution is 0.0766. The van der Waals surface area contributed by atoms with Crippen LogP contribution in [0, 0.1) is 0 Å². The van der Waals surface area contributed by atoms with Crippen LogP contribution in [0.2, 0.25) is 5.02 Å². The number of likely N-dealkylation sites (N-methyl/N-ethyl adjacent to an activating group) is 1. The second kappa shape index (κ2) is 7.80. The van der Waals surface area contributed by atoms with E-state index in [1.807, 2.05) is 19.1 Å². The summed E-state index contributed by atoms with van der Waals surface area (Å²) in [4.78, 5) is 18.4. The molecule has 0 aliphatic carbocycles. The Balaban J connectivity index is 2.08. The minimum atomic E-state index is -0.0655. The highest BCUT2D eigenvalue weighted by molar-refractivity contribution is 6.34. The van der Waals surface area contributed by atoms with Gasteiger partial charge in [0.1, 0.15) is 5.75 Å². The van der Waals surface area contributed by atoms with E-state index in [0.717, 1.165) is 12.0 Å². The Morgan fingerprint density at radius 2 is 2.00 bits per heavy atom. The minimum Gasteiger partial charge on any atom is -0.497 e. The average Bonchev–Trinajstić information content (AvgIpc) is 2.56. The van der Waals surface area contributed by atoms with Crippen molar-refractivity contribution in [1.82, 2.24) is 9.88 Å². The predicted molar refractivity (Wildman–Crippen MR) is 87.5 cm³/mol. The van der Waals surface area contributed by atoms with E-state index in [4.69, 9.17) is 16.3 Å². The van der Waals surface area contributed by atoms with Gasteiger partial charge < -0.3 is 9.64 Å². The quantitative estimate of drug-likeness (QED) is 0.819. The van der Waals surface area contributed by atoms with Crippen molar-refractivity contribution in [2.45, 2.75) is 13.3 Å². The number of nitrogens with zero attached hydrogens (tertiary/aromatic N) is 2. The highest BCUT2D eigenvalue weighted by Crippen LogP contribution is 2.23. The molecular weight excluding hydrogens is 300 g/mol. The number of methoxy groups -OCH3 is 1. The van der Waals surface area contributed by atoms with Crippen molar-refractivity contribution in [3.05, 3.63) is 58.9 Å². The SMILES string of the molecule is CCN(CCc1ccncc1)C(=O)c1ccc(OC)cc1Cl. The first-order valence-electron chi connectivity index (χ1n) is 7.17. The minimum absolute atomic E-state index is 0.0655. The summed E-state index contributed by atoms with van der Waals surface area (Å²) in [6, 6.07) is 9.03. The Morgan fingerprint density at radius 3 is 2.59 bits per heavy atom. The van der Waals surface area contributed by atoms with Gasteiger partial charge in [0.05, 0.1) is 17.7 Å². The van der Waals surface area contributed by atoms with Crippen LogP contribution < -0.4 is 4.74 Å². The van der Waals surface area contributed by atoms with Crippen LogP contribution in [-0.4, -0.2) is 36.0 Å². The summed E-state index contributed by atoms with van der Waals surface area (Å²) < 4.78 is 5.11. The summed E-state index contributed by atoms with van der Waals surface area (Å²) in [5, 5.41) is 0.409. The van der Waals surface area contributed by atoms with E-state index in [9.17, 15) is 4.79 Å². The summed E-state index contributed by atoms with van der Waals surface area (Å²) in [5.41, 5.74) is 1.65. The standard InChI is InChI=1S/C17H19ClN2O2/c1-3-20(11-8-13-6-9-19-10-7-13)17(21)15-5-4-14(22-2)12-16(15)18/h4-7,9-10,12H,3,8,11H2,1-2H3. The fraction of sp³-hybridized carbons (Fsp3) is 0.294. The number of halogens is 1. The molecule has 0 unspecified atom stereocenters. The van der Waals surface area contributed by atoms with Gasteiger partial charge in [-0.05, 0) is 49.2 Å². The van der Waals surface area contributed by atoms with E-state index < -0.39 is 0 Å². The third kappa shape index (κ3) is 3.98. The zero-order chi connectivity index (χ0) is 15.9. The Morgan fingerprint density at radius 1 is 1.27 bits per heavy atom. The molecule has 0 spiro atoms. The smallest absolute Gasteiger partial charge is 0.255 e. The maximum atomic E-state index is 12.6. The van der Waals surface area contributed by atoms with Crippen LogP contribution in [0.5, 0.6) is 5.75 Å². The van der Waals surface area contributed by atoms with Gasteiger partial charge in [0.15, 0.2) is 0 Å². The molecule has 22 heavy (non-hydrogen) atoms. The Kier molecular flexibility index (Phi) is 5.78. The monoisotopic (exact) mass is 318 g/mol. The number of hydrogen-bond acceptors (Lipinski definition) is 3. The molecular formula is C17H19ClN2O2. The molecule has 0 N–H and O–H groups in total. The summed E-state index contributed by atoms with van der Waals surface area (Å²) in [5.74, 6) is 0.575. The van der Waals surface area contributed by atoms with Gasteiger partial charge in [0.2, 0.25) is 0 Å². The molecule has 0 fully saturated rings. The van der Waals surface area contributed by atoms with E-state index >= 15 is 0 Å². The Bertz CT molecular complexity index is 632. The summed E-state index contributed by atoms with van der Waals surface area (Å²) in [7, 11) is 1.57. The summed E-state index contributed by atoms with van der Waals surface area (Å²) in [6.07, 6.45) is 4.30. The van der Waals surface area contributed by atoms with Crippen molar-refractivity contribution in [2.75, 3.05) is 20.2 Å². The lowest BCUT2D eigenvalue weighted by Gasteiger charge is -2.21. The maximum absolute atomic E-state index is 12.6. The maximum Gasteiger partial charge on any atom is 0.255 e. The Hall–Kier alpha value is -2.07. The van der Waals surface area contributed by atoms with Gasteiger partial charge in [-0.25, -0.2) is 0 Å². The molecule has 4 nitrogen and oxygen atoms in total. The number of rotatable bonds is 6. The van der Waals surface area contributed by atoms with Crippen LogP contribution in [0.3, 0.4) is 0 Å². The van der Waals surface area contributed by atoms with Gasteiger partial charge in [-0.1, -0.05) is 11.6 Å². The molecule has 1 aromatic carbocycles. The van der Waals surface area contributed by atoms with Gasteiger partial charge in [-0.15, -0.1) is 0 Å². The molecule has 0 radical (unpaired) electrons. The molecule has 5 heteroatoms. The first-order valence-corrected chi connectivity index (χ1v) is 7.55.